The van der Waals surface area contributed by atoms with E-state index >= 15 is 0 Å². The number of anilines is 1. The van der Waals surface area contributed by atoms with E-state index in [0.29, 0.717) is 97.2 Å². The molecular weight excluding hydrogens is 586 g/mol. The molecule has 0 unspecified atom stereocenters. The topological polar surface area (TPSA) is 145 Å². The standard InChI is InChI=1S/C33H35NO9S/c1-21(35)4-2-12-40-14-16-42-17-15-41-13-3-5-31(44)34-22-6-9-25(28(18-22)33(38)39)32-26-10-7-23(36)19-29(26)43-30-20-24(37)8-11-27(30)32/h6-11,18-20,36H,2-5,12-17H2,1H3,(H,34,44)(H,38,39). The summed E-state index contributed by atoms with van der Waals surface area (Å²) in [5.41, 5.74) is 2.21. The molecule has 0 atom stereocenters. The van der Waals surface area contributed by atoms with Gasteiger partial charge in [0.15, 0.2) is 5.43 Å². The minimum atomic E-state index is -1.13. The lowest BCUT2D eigenvalue weighted by Gasteiger charge is -2.17. The number of carboxylic acid groups (broad SMARTS) is 1. The molecule has 44 heavy (non-hydrogen) atoms. The Hall–Kier alpha value is -4.16. The van der Waals surface area contributed by atoms with E-state index < -0.39 is 5.97 Å². The van der Waals surface area contributed by atoms with Crippen LogP contribution in [0.2, 0.25) is 0 Å². The van der Waals surface area contributed by atoms with Crippen LogP contribution >= 0.6 is 12.2 Å². The van der Waals surface area contributed by atoms with Crippen LogP contribution in [0.15, 0.2) is 63.8 Å². The van der Waals surface area contributed by atoms with Crippen molar-refractivity contribution in [1.29, 1.82) is 0 Å². The fourth-order valence-corrected chi connectivity index (χ4v) is 4.95. The van der Waals surface area contributed by atoms with Crippen LogP contribution in [-0.2, 0) is 19.0 Å². The van der Waals surface area contributed by atoms with Gasteiger partial charge < -0.3 is 39.0 Å². The molecule has 0 saturated carbocycles. The van der Waals surface area contributed by atoms with Gasteiger partial charge in [0.25, 0.3) is 0 Å². The van der Waals surface area contributed by atoms with Crippen LogP contribution in [0.5, 0.6) is 5.75 Å². The second kappa shape index (κ2) is 16.1. The molecule has 2 aromatic carbocycles. The molecule has 0 spiro atoms. The number of Topliss-reactive ketones (excluding diaryl/α,β-unsaturated/α-hetero) is 1. The van der Waals surface area contributed by atoms with E-state index in [1.807, 2.05) is 0 Å². The Bertz CT molecular complexity index is 1650. The van der Waals surface area contributed by atoms with Crippen molar-refractivity contribution in [2.24, 2.45) is 0 Å². The van der Waals surface area contributed by atoms with E-state index in [-0.39, 0.29) is 28.3 Å². The molecule has 3 N–H and O–H groups in total. The number of thiocarbonyl (C=S) groups is 1. The van der Waals surface area contributed by atoms with Crippen LogP contribution in [0.4, 0.5) is 5.69 Å². The Morgan fingerprint density at radius 1 is 0.841 bits per heavy atom. The third kappa shape index (κ3) is 9.17. The van der Waals surface area contributed by atoms with Gasteiger partial charge in [0.05, 0.1) is 37.0 Å². The molecule has 232 valence electrons. The number of phenolic OH excluding ortho intramolecular Hbond substituents is 1. The van der Waals surface area contributed by atoms with E-state index in [4.69, 9.17) is 30.8 Å². The number of ketones is 1. The highest BCUT2D eigenvalue weighted by atomic mass is 32.1. The minimum absolute atomic E-state index is 0.0186. The summed E-state index contributed by atoms with van der Waals surface area (Å²) >= 11 is 5.48. The van der Waals surface area contributed by atoms with Crippen molar-refractivity contribution in [2.75, 3.05) is 45.0 Å². The average molecular weight is 622 g/mol. The first-order chi connectivity index (χ1) is 21.2. The summed E-state index contributed by atoms with van der Waals surface area (Å²) in [7, 11) is 0. The molecule has 0 bridgehead atoms. The molecule has 2 aromatic rings. The number of rotatable bonds is 17. The number of hydrogen-bond donors (Lipinski definition) is 3. The Morgan fingerprint density at radius 2 is 1.50 bits per heavy atom. The zero-order valence-corrected chi connectivity index (χ0v) is 25.2. The molecule has 1 heterocycles. The van der Waals surface area contributed by atoms with Crippen LogP contribution < -0.4 is 10.7 Å². The van der Waals surface area contributed by atoms with Crippen molar-refractivity contribution in [3.05, 3.63) is 70.4 Å². The number of aromatic hydroxyl groups is 1. The molecular formula is C33H35NO9S. The number of fused-ring (bicyclic) bond motifs is 2. The zero-order chi connectivity index (χ0) is 31.5. The summed E-state index contributed by atoms with van der Waals surface area (Å²) in [4.78, 5) is 35.9. The van der Waals surface area contributed by atoms with Gasteiger partial charge in [-0.3, -0.25) is 4.79 Å². The van der Waals surface area contributed by atoms with Gasteiger partial charge in [-0.1, -0.05) is 18.3 Å². The molecule has 0 saturated heterocycles. The number of hydrogen-bond acceptors (Lipinski definition) is 9. The van der Waals surface area contributed by atoms with Crippen molar-refractivity contribution in [3.63, 3.8) is 0 Å². The van der Waals surface area contributed by atoms with E-state index in [1.54, 1.807) is 31.2 Å². The molecule has 1 aliphatic carbocycles. The first-order valence-electron chi connectivity index (χ1n) is 14.3. The molecule has 0 amide bonds. The van der Waals surface area contributed by atoms with E-state index in [1.165, 1.54) is 30.3 Å². The van der Waals surface area contributed by atoms with E-state index in [9.17, 15) is 24.6 Å². The predicted molar refractivity (Wildman–Crippen MR) is 171 cm³/mol. The van der Waals surface area contributed by atoms with Gasteiger partial charge in [-0.05, 0) is 61.7 Å². The lowest BCUT2D eigenvalue weighted by Crippen LogP contribution is -2.13. The monoisotopic (exact) mass is 621 g/mol. The molecule has 11 heteroatoms. The minimum Gasteiger partial charge on any atom is -0.508 e. The van der Waals surface area contributed by atoms with Gasteiger partial charge in [0, 0.05) is 60.4 Å². The molecule has 0 aromatic heterocycles. The van der Waals surface area contributed by atoms with Crippen molar-refractivity contribution < 1.29 is 38.4 Å². The highest BCUT2D eigenvalue weighted by molar-refractivity contribution is 7.80. The quantitative estimate of drug-likeness (QED) is 0.0735. The van der Waals surface area contributed by atoms with Crippen molar-refractivity contribution in [3.8, 4) is 28.2 Å². The van der Waals surface area contributed by atoms with Crippen molar-refractivity contribution >= 4 is 45.6 Å². The van der Waals surface area contributed by atoms with Gasteiger partial charge in [0.1, 0.15) is 22.9 Å². The number of carbonyl (C=O) groups is 2. The lowest BCUT2D eigenvalue weighted by atomic mass is 9.90. The highest BCUT2D eigenvalue weighted by Gasteiger charge is 2.22. The van der Waals surface area contributed by atoms with Crippen LogP contribution in [-0.4, -0.2) is 66.6 Å². The van der Waals surface area contributed by atoms with Crippen LogP contribution in [0, 0.1) is 0 Å². The number of aromatic carboxylic acids is 1. The van der Waals surface area contributed by atoms with Gasteiger partial charge in [0.2, 0.25) is 0 Å². The Labute approximate surface area is 259 Å². The van der Waals surface area contributed by atoms with Crippen LogP contribution in [0.25, 0.3) is 33.4 Å². The lowest BCUT2D eigenvalue weighted by molar-refractivity contribution is -0.117. The predicted octanol–water partition coefficient (Wildman–Crippen LogP) is 5.91. The first-order valence-corrected chi connectivity index (χ1v) is 14.7. The summed E-state index contributed by atoms with van der Waals surface area (Å²) in [5, 5.41) is 23.8. The third-order valence-corrected chi connectivity index (χ3v) is 7.04. The maximum Gasteiger partial charge on any atom is 0.336 e. The second-order valence-corrected chi connectivity index (χ2v) is 10.7. The second-order valence-electron chi connectivity index (χ2n) is 10.2. The summed E-state index contributed by atoms with van der Waals surface area (Å²) in [5.74, 6) is -0.708. The van der Waals surface area contributed by atoms with E-state index in [0.717, 1.165) is 6.42 Å². The summed E-state index contributed by atoms with van der Waals surface area (Å²) in [6, 6.07) is 13.9. The van der Waals surface area contributed by atoms with Crippen LogP contribution in [0.1, 0.15) is 43.0 Å². The maximum atomic E-state index is 12.4. The van der Waals surface area contributed by atoms with Gasteiger partial charge in [-0.15, -0.1) is 0 Å². The number of ether oxygens (including phenoxy) is 3. The molecule has 2 aliphatic rings. The zero-order valence-electron chi connectivity index (χ0n) is 24.4. The number of benzene rings is 3. The Balaban J connectivity index is 1.31. The molecule has 0 radical (unpaired) electrons. The molecule has 4 rings (SSSR count). The maximum absolute atomic E-state index is 12.4. The average Bonchev–Trinajstić information content (AvgIpc) is 2.98. The summed E-state index contributed by atoms with van der Waals surface area (Å²) in [6.07, 6.45) is 2.47. The fraction of sp³-hybridized carbons (Fsp3) is 0.333. The highest BCUT2D eigenvalue weighted by Crippen LogP contribution is 2.42. The summed E-state index contributed by atoms with van der Waals surface area (Å²) < 4.78 is 22.3. The molecule has 0 fully saturated rings. The number of phenols is 1. The number of nitrogens with one attached hydrogen (secondary N) is 1. The SMILES string of the molecule is CC(=O)CCCOCCOCCOCCCC(=S)Nc1ccc(-c2c3ccc(=O)cc-3oc3cc(O)ccc23)c(C(=O)O)c1. The van der Waals surface area contributed by atoms with Crippen molar-refractivity contribution in [2.45, 2.75) is 32.6 Å². The third-order valence-electron chi connectivity index (χ3n) is 6.73. The normalized spacial score (nSPS) is 11.2. The van der Waals surface area contributed by atoms with Gasteiger partial charge in [-0.25, -0.2) is 4.79 Å². The summed E-state index contributed by atoms with van der Waals surface area (Å²) in [6.45, 7) is 4.43. The molecule has 1 aliphatic heterocycles. The van der Waals surface area contributed by atoms with Crippen molar-refractivity contribution in [1.82, 2.24) is 0 Å². The Morgan fingerprint density at radius 3 is 2.18 bits per heavy atom. The van der Waals surface area contributed by atoms with Gasteiger partial charge in [-0.2, -0.15) is 0 Å². The van der Waals surface area contributed by atoms with Gasteiger partial charge >= 0.3 is 5.97 Å². The first kappa shape index (κ1) is 32.7. The smallest absolute Gasteiger partial charge is 0.336 e. The van der Waals surface area contributed by atoms with Crippen LogP contribution in [0.3, 0.4) is 0 Å². The molecule has 10 nitrogen and oxygen atoms in total. The largest absolute Gasteiger partial charge is 0.508 e. The Kier molecular flexibility index (Phi) is 12.0. The number of carbonyl (C=O) groups excluding carboxylic acids is 1. The fourth-order valence-electron chi connectivity index (χ4n) is 4.69. The number of carboxylic acids is 1. The van der Waals surface area contributed by atoms with E-state index in [2.05, 4.69) is 5.32 Å².